The maximum absolute atomic E-state index is 13.3. The van der Waals surface area contributed by atoms with Gasteiger partial charge in [0.15, 0.2) is 5.69 Å². The van der Waals surface area contributed by atoms with Crippen LogP contribution in [0.5, 0.6) is 0 Å². The molecule has 0 radical (unpaired) electrons. The van der Waals surface area contributed by atoms with E-state index in [0.29, 0.717) is 18.2 Å². The summed E-state index contributed by atoms with van der Waals surface area (Å²) in [5.74, 6) is 1.25. The van der Waals surface area contributed by atoms with Crippen molar-refractivity contribution in [2.45, 2.75) is 45.6 Å². The molecule has 8 heteroatoms. The lowest BCUT2D eigenvalue weighted by atomic mass is 9.97. The number of likely N-dealkylation sites (tertiary alicyclic amines) is 1. The van der Waals surface area contributed by atoms with Gasteiger partial charge in [-0.3, -0.25) is 9.78 Å². The molecule has 0 bridgehead atoms. The Hall–Kier alpha value is -3.29. The summed E-state index contributed by atoms with van der Waals surface area (Å²) < 4.78 is 5.35. The predicted molar refractivity (Wildman–Crippen MR) is 118 cm³/mol. The van der Waals surface area contributed by atoms with Gasteiger partial charge in [-0.2, -0.15) is 0 Å². The van der Waals surface area contributed by atoms with Gasteiger partial charge in [-0.05, 0) is 43.4 Å². The molecule has 3 aromatic rings. The minimum absolute atomic E-state index is 0.115. The molecule has 0 saturated carbocycles. The van der Waals surface area contributed by atoms with E-state index in [0.717, 1.165) is 53.8 Å². The molecule has 1 unspecified atom stereocenters. The van der Waals surface area contributed by atoms with E-state index in [4.69, 9.17) is 9.51 Å². The molecule has 1 saturated heterocycles. The summed E-state index contributed by atoms with van der Waals surface area (Å²) in [4.78, 5) is 30.7. The summed E-state index contributed by atoms with van der Waals surface area (Å²) >= 11 is 0. The van der Waals surface area contributed by atoms with Crippen LogP contribution in [0.4, 0.5) is 5.95 Å². The van der Waals surface area contributed by atoms with Gasteiger partial charge >= 0.3 is 0 Å². The smallest absolute Gasteiger partial charge is 0.276 e. The SMILES string of the molecule is CCCc1cc(C(=O)N2CCCC2c2nc(N(C)C)ncc2-c2ccncc2C)no1. The molecule has 0 spiro atoms. The van der Waals surface area contributed by atoms with Crippen molar-refractivity contribution in [3.8, 4) is 11.1 Å². The predicted octanol–water partition coefficient (Wildman–Crippen LogP) is 3.83. The van der Waals surface area contributed by atoms with Gasteiger partial charge in [0.25, 0.3) is 5.91 Å². The number of aryl methyl sites for hydroxylation is 2. The Balaban J connectivity index is 1.75. The Bertz CT molecular complexity index is 1080. The molecule has 1 fully saturated rings. The topological polar surface area (TPSA) is 88.3 Å². The van der Waals surface area contributed by atoms with Crippen molar-refractivity contribution in [3.63, 3.8) is 0 Å². The number of hydrogen-bond acceptors (Lipinski definition) is 7. The molecule has 4 heterocycles. The van der Waals surface area contributed by atoms with Crippen LogP contribution in [0.3, 0.4) is 0 Å². The van der Waals surface area contributed by atoms with Crippen LogP contribution in [-0.2, 0) is 6.42 Å². The maximum Gasteiger partial charge on any atom is 0.276 e. The molecule has 0 N–H and O–H groups in total. The maximum atomic E-state index is 13.3. The van der Waals surface area contributed by atoms with Crippen molar-refractivity contribution in [2.24, 2.45) is 0 Å². The third-order valence-corrected chi connectivity index (χ3v) is 5.62. The van der Waals surface area contributed by atoms with E-state index in [1.165, 1.54) is 0 Å². The molecular formula is C23H28N6O2. The minimum Gasteiger partial charge on any atom is -0.361 e. The number of carbonyl (C=O) groups is 1. The summed E-state index contributed by atoms with van der Waals surface area (Å²) in [6, 6.07) is 3.59. The lowest BCUT2D eigenvalue weighted by Crippen LogP contribution is -2.32. The van der Waals surface area contributed by atoms with Gasteiger partial charge in [-0.15, -0.1) is 0 Å². The van der Waals surface area contributed by atoms with Gasteiger partial charge in [-0.1, -0.05) is 12.1 Å². The fraction of sp³-hybridized carbons (Fsp3) is 0.435. The van der Waals surface area contributed by atoms with E-state index in [9.17, 15) is 4.79 Å². The first kappa shape index (κ1) is 21.0. The van der Waals surface area contributed by atoms with Crippen molar-refractivity contribution in [1.29, 1.82) is 0 Å². The van der Waals surface area contributed by atoms with Crippen molar-refractivity contribution in [2.75, 3.05) is 25.5 Å². The molecule has 4 rings (SSSR count). The summed E-state index contributed by atoms with van der Waals surface area (Å²) in [5, 5.41) is 4.03. The highest BCUT2D eigenvalue weighted by Gasteiger charge is 2.35. The first-order valence-electron chi connectivity index (χ1n) is 10.7. The van der Waals surface area contributed by atoms with Gasteiger partial charge in [-0.25, -0.2) is 9.97 Å². The second-order valence-corrected chi connectivity index (χ2v) is 8.14. The molecule has 8 nitrogen and oxygen atoms in total. The van der Waals surface area contributed by atoms with Crippen molar-refractivity contribution in [1.82, 2.24) is 25.0 Å². The van der Waals surface area contributed by atoms with E-state index in [-0.39, 0.29) is 11.9 Å². The van der Waals surface area contributed by atoms with E-state index in [1.54, 1.807) is 12.3 Å². The largest absolute Gasteiger partial charge is 0.361 e. The van der Waals surface area contributed by atoms with Gasteiger partial charge in [0.05, 0.1) is 11.7 Å². The van der Waals surface area contributed by atoms with Crippen molar-refractivity contribution in [3.05, 3.63) is 53.4 Å². The van der Waals surface area contributed by atoms with Crippen LogP contribution in [0.1, 0.15) is 59.7 Å². The minimum atomic E-state index is -0.150. The van der Waals surface area contributed by atoms with Crippen LogP contribution in [0.2, 0.25) is 0 Å². The highest BCUT2D eigenvalue weighted by atomic mass is 16.5. The average molecular weight is 421 g/mol. The number of pyridine rings is 1. The number of nitrogens with zero attached hydrogens (tertiary/aromatic N) is 6. The Morgan fingerprint density at radius 1 is 1.29 bits per heavy atom. The third-order valence-electron chi connectivity index (χ3n) is 5.62. The first-order chi connectivity index (χ1) is 15.0. The lowest BCUT2D eigenvalue weighted by molar-refractivity contribution is 0.0722. The van der Waals surface area contributed by atoms with Crippen LogP contribution < -0.4 is 4.90 Å². The van der Waals surface area contributed by atoms with Crippen LogP contribution in [0, 0.1) is 6.92 Å². The molecule has 0 aliphatic carbocycles. The monoisotopic (exact) mass is 420 g/mol. The first-order valence-corrected chi connectivity index (χ1v) is 10.7. The van der Waals surface area contributed by atoms with Gasteiger partial charge in [0.2, 0.25) is 5.95 Å². The summed E-state index contributed by atoms with van der Waals surface area (Å²) in [7, 11) is 3.83. The molecule has 1 aliphatic heterocycles. The molecule has 3 aromatic heterocycles. The summed E-state index contributed by atoms with van der Waals surface area (Å²) in [5.41, 5.74) is 4.22. The number of amides is 1. The highest BCUT2D eigenvalue weighted by Crippen LogP contribution is 2.38. The quantitative estimate of drug-likeness (QED) is 0.599. The van der Waals surface area contributed by atoms with E-state index < -0.39 is 0 Å². The van der Waals surface area contributed by atoms with Crippen molar-refractivity contribution < 1.29 is 9.32 Å². The van der Waals surface area contributed by atoms with Gasteiger partial charge < -0.3 is 14.3 Å². The van der Waals surface area contributed by atoms with E-state index in [2.05, 4.69) is 22.0 Å². The zero-order chi connectivity index (χ0) is 22.0. The number of anilines is 1. The van der Waals surface area contributed by atoms with Crippen LogP contribution in [0.25, 0.3) is 11.1 Å². The standard InChI is InChI=1S/C23H28N6O2/c1-5-7-16-12-19(27-31-16)22(30)29-11-6-8-20(29)21-18(14-25-23(26-21)28(3)4)17-9-10-24-13-15(17)2/h9-10,12-14,20H,5-8,11H2,1-4H3. The Morgan fingerprint density at radius 2 is 2.13 bits per heavy atom. The van der Waals surface area contributed by atoms with E-state index in [1.807, 2.05) is 49.3 Å². The summed E-state index contributed by atoms with van der Waals surface area (Å²) in [6.07, 6.45) is 8.93. The second-order valence-electron chi connectivity index (χ2n) is 8.14. The molecule has 162 valence electrons. The van der Waals surface area contributed by atoms with Crippen LogP contribution in [-0.4, -0.2) is 51.6 Å². The van der Waals surface area contributed by atoms with Crippen LogP contribution in [0.15, 0.2) is 35.2 Å². The van der Waals surface area contributed by atoms with E-state index >= 15 is 0 Å². The zero-order valence-corrected chi connectivity index (χ0v) is 18.5. The third kappa shape index (κ3) is 4.15. The van der Waals surface area contributed by atoms with Crippen LogP contribution >= 0.6 is 0 Å². The summed E-state index contributed by atoms with van der Waals surface area (Å²) in [6.45, 7) is 4.75. The fourth-order valence-electron chi connectivity index (χ4n) is 4.06. The highest BCUT2D eigenvalue weighted by molar-refractivity contribution is 5.93. The Morgan fingerprint density at radius 3 is 2.87 bits per heavy atom. The Labute approximate surface area is 182 Å². The molecular weight excluding hydrogens is 392 g/mol. The number of hydrogen-bond donors (Lipinski definition) is 0. The van der Waals surface area contributed by atoms with Gasteiger partial charge in [0, 0.05) is 57.3 Å². The fourth-order valence-corrected chi connectivity index (χ4v) is 4.06. The molecule has 31 heavy (non-hydrogen) atoms. The second kappa shape index (κ2) is 8.83. The number of aromatic nitrogens is 4. The van der Waals surface area contributed by atoms with Crippen molar-refractivity contribution >= 4 is 11.9 Å². The molecule has 1 atom stereocenters. The lowest BCUT2D eigenvalue weighted by Gasteiger charge is -2.26. The number of rotatable bonds is 6. The molecule has 1 amide bonds. The normalized spacial score (nSPS) is 16.0. The number of carbonyl (C=O) groups excluding carboxylic acids is 1. The Kier molecular flexibility index (Phi) is 5.97. The van der Waals surface area contributed by atoms with Gasteiger partial charge in [0.1, 0.15) is 5.76 Å². The average Bonchev–Trinajstić information content (AvgIpc) is 3.43. The molecule has 0 aromatic carbocycles. The molecule has 1 aliphatic rings. The zero-order valence-electron chi connectivity index (χ0n) is 18.5.